The van der Waals surface area contributed by atoms with Crippen molar-refractivity contribution in [1.82, 2.24) is 14.7 Å². The van der Waals surface area contributed by atoms with E-state index < -0.39 is 17.6 Å². The van der Waals surface area contributed by atoms with Crippen molar-refractivity contribution >= 4 is 39.8 Å². The number of aromatic nitrogens is 2. The summed E-state index contributed by atoms with van der Waals surface area (Å²) >= 11 is 12.8. The van der Waals surface area contributed by atoms with Crippen LogP contribution in [0, 0.1) is 12.7 Å². The number of aryl methyl sites for hydroxylation is 1. The maximum atomic E-state index is 15.1. The minimum Gasteiger partial charge on any atom is -0.394 e. The number of hydrogen-bond acceptors (Lipinski definition) is 5. The number of anilines is 1. The standard InChI is InChI=1S/C23H25Cl2FN4O2/c1-3-20(32)29-9-8-23(13-29,21-18(26)7-6-17(24)22(21)25)27-15-4-5-16-14(2)28-30(10-11-31)19(16)12-15/h3-7,12,20,27,31-32H,1,8-11,13H2,2H3/t20?,23-/m1/s1. The highest BCUT2D eigenvalue weighted by Crippen LogP contribution is 2.43. The predicted molar refractivity (Wildman–Crippen MR) is 126 cm³/mol. The maximum absolute atomic E-state index is 15.1. The van der Waals surface area contributed by atoms with Crippen LogP contribution in [0.25, 0.3) is 10.9 Å². The third-order valence-corrected chi connectivity index (χ3v) is 6.84. The quantitative estimate of drug-likeness (QED) is 0.348. The molecule has 1 unspecified atom stereocenters. The fourth-order valence-electron chi connectivity index (χ4n) is 4.51. The van der Waals surface area contributed by atoms with Crippen molar-refractivity contribution in [3.05, 3.63) is 70.1 Å². The third kappa shape index (κ3) is 4.00. The molecule has 1 aliphatic rings. The summed E-state index contributed by atoms with van der Waals surface area (Å²) in [7, 11) is 0. The summed E-state index contributed by atoms with van der Waals surface area (Å²) < 4.78 is 16.9. The van der Waals surface area contributed by atoms with E-state index in [1.807, 2.05) is 25.1 Å². The van der Waals surface area contributed by atoms with E-state index in [1.165, 1.54) is 18.2 Å². The second kappa shape index (κ2) is 9.00. The van der Waals surface area contributed by atoms with E-state index in [1.54, 1.807) is 9.58 Å². The molecule has 2 aromatic carbocycles. The Hall–Kier alpha value is -2.16. The molecule has 0 bridgehead atoms. The molecular weight excluding hydrogens is 454 g/mol. The van der Waals surface area contributed by atoms with Gasteiger partial charge in [0, 0.05) is 29.7 Å². The molecule has 0 amide bonds. The lowest BCUT2D eigenvalue weighted by Crippen LogP contribution is -2.42. The molecule has 4 rings (SSSR count). The van der Waals surface area contributed by atoms with Crippen LogP contribution in [-0.2, 0) is 12.1 Å². The predicted octanol–water partition coefficient (Wildman–Crippen LogP) is 4.30. The van der Waals surface area contributed by atoms with Gasteiger partial charge in [0.05, 0.1) is 39.9 Å². The van der Waals surface area contributed by atoms with E-state index >= 15 is 4.39 Å². The van der Waals surface area contributed by atoms with Crippen LogP contribution in [0.2, 0.25) is 10.0 Å². The molecule has 6 nitrogen and oxygen atoms in total. The van der Waals surface area contributed by atoms with Gasteiger partial charge in [-0.1, -0.05) is 29.8 Å². The topological polar surface area (TPSA) is 73.5 Å². The van der Waals surface area contributed by atoms with Gasteiger partial charge in [-0.25, -0.2) is 4.39 Å². The Bertz CT molecular complexity index is 1170. The summed E-state index contributed by atoms with van der Waals surface area (Å²) in [6, 6.07) is 8.52. The summed E-state index contributed by atoms with van der Waals surface area (Å²) in [5.41, 5.74) is 1.79. The molecule has 2 atom stereocenters. The lowest BCUT2D eigenvalue weighted by molar-refractivity contribution is 0.0575. The minimum atomic E-state index is -0.930. The fourth-order valence-corrected chi connectivity index (χ4v) is 5.00. The van der Waals surface area contributed by atoms with Crippen LogP contribution in [0.1, 0.15) is 17.7 Å². The van der Waals surface area contributed by atoms with Crippen molar-refractivity contribution in [2.75, 3.05) is 25.0 Å². The second-order valence-corrected chi connectivity index (χ2v) is 8.84. The highest BCUT2D eigenvalue weighted by atomic mass is 35.5. The molecular formula is C23H25Cl2FN4O2. The number of likely N-dealkylation sites (tertiary alicyclic amines) is 1. The molecule has 1 aromatic heterocycles. The Morgan fingerprint density at radius 1 is 1.34 bits per heavy atom. The van der Waals surface area contributed by atoms with Gasteiger partial charge in [0.15, 0.2) is 0 Å². The largest absolute Gasteiger partial charge is 0.394 e. The Morgan fingerprint density at radius 3 is 2.84 bits per heavy atom. The Labute approximate surface area is 195 Å². The van der Waals surface area contributed by atoms with Gasteiger partial charge in [0.25, 0.3) is 0 Å². The summed E-state index contributed by atoms with van der Waals surface area (Å²) in [6.45, 7) is 6.71. The van der Waals surface area contributed by atoms with E-state index in [-0.39, 0.29) is 22.2 Å². The van der Waals surface area contributed by atoms with Crippen molar-refractivity contribution in [2.24, 2.45) is 0 Å². The SMILES string of the molecule is C=CC(O)N1CC[C@](Nc2ccc3c(C)nn(CCO)c3c2)(c2c(F)ccc(Cl)c2Cl)C1. The molecule has 1 fully saturated rings. The van der Waals surface area contributed by atoms with Gasteiger partial charge >= 0.3 is 0 Å². The monoisotopic (exact) mass is 478 g/mol. The minimum absolute atomic E-state index is 0.0322. The number of fused-ring (bicyclic) bond motifs is 1. The Kier molecular flexibility index (Phi) is 6.47. The summed E-state index contributed by atoms with van der Waals surface area (Å²) in [6.07, 6.45) is 1.06. The highest BCUT2D eigenvalue weighted by Gasteiger charge is 2.44. The summed E-state index contributed by atoms with van der Waals surface area (Å²) in [5.74, 6) is -0.468. The number of aliphatic hydroxyl groups is 2. The molecule has 1 saturated heterocycles. The van der Waals surface area contributed by atoms with Crippen LogP contribution in [-0.4, -0.2) is 50.8 Å². The molecule has 0 radical (unpaired) electrons. The molecule has 3 N–H and O–H groups in total. The average molecular weight is 479 g/mol. The van der Waals surface area contributed by atoms with Gasteiger partial charge in [-0.2, -0.15) is 5.10 Å². The number of nitrogens with one attached hydrogen (secondary N) is 1. The maximum Gasteiger partial charge on any atom is 0.130 e. The van der Waals surface area contributed by atoms with Gasteiger partial charge in [0.1, 0.15) is 12.0 Å². The molecule has 2 heterocycles. The van der Waals surface area contributed by atoms with Crippen molar-refractivity contribution < 1.29 is 14.6 Å². The molecule has 9 heteroatoms. The fraction of sp³-hybridized carbons (Fsp3) is 0.348. The van der Waals surface area contributed by atoms with Gasteiger partial charge < -0.3 is 15.5 Å². The number of halogens is 3. The zero-order chi connectivity index (χ0) is 23.0. The Balaban J connectivity index is 1.81. The van der Waals surface area contributed by atoms with Crippen LogP contribution in [0.3, 0.4) is 0 Å². The summed E-state index contributed by atoms with van der Waals surface area (Å²) in [4.78, 5) is 1.80. The number of rotatable bonds is 7. The first-order valence-corrected chi connectivity index (χ1v) is 11.1. The number of benzene rings is 2. The molecule has 170 valence electrons. The van der Waals surface area contributed by atoms with Crippen molar-refractivity contribution in [2.45, 2.75) is 31.7 Å². The number of aliphatic hydroxyl groups excluding tert-OH is 2. The Morgan fingerprint density at radius 2 is 2.12 bits per heavy atom. The van der Waals surface area contributed by atoms with Gasteiger partial charge in [-0.05, 0) is 49.8 Å². The van der Waals surface area contributed by atoms with Crippen LogP contribution in [0.4, 0.5) is 10.1 Å². The summed E-state index contributed by atoms with van der Waals surface area (Å²) in [5, 5.41) is 29.1. The lowest BCUT2D eigenvalue weighted by atomic mass is 9.87. The van der Waals surface area contributed by atoms with Crippen molar-refractivity contribution in [1.29, 1.82) is 0 Å². The van der Waals surface area contributed by atoms with E-state index in [0.717, 1.165) is 22.3 Å². The van der Waals surface area contributed by atoms with E-state index in [9.17, 15) is 10.2 Å². The third-order valence-electron chi connectivity index (χ3n) is 6.04. The van der Waals surface area contributed by atoms with Crippen LogP contribution < -0.4 is 5.32 Å². The highest BCUT2D eigenvalue weighted by molar-refractivity contribution is 6.42. The molecule has 0 saturated carbocycles. The van der Waals surface area contributed by atoms with Crippen LogP contribution in [0.5, 0.6) is 0 Å². The first-order valence-electron chi connectivity index (χ1n) is 10.3. The molecule has 0 aliphatic carbocycles. The average Bonchev–Trinajstić information content (AvgIpc) is 3.33. The molecule has 3 aromatic rings. The number of hydrogen-bond donors (Lipinski definition) is 3. The first-order chi connectivity index (χ1) is 15.3. The van der Waals surface area contributed by atoms with Gasteiger partial charge in [0.2, 0.25) is 0 Å². The first kappa shape index (κ1) is 23.0. The van der Waals surface area contributed by atoms with E-state index in [2.05, 4.69) is 17.0 Å². The van der Waals surface area contributed by atoms with Gasteiger partial charge in [-0.15, -0.1) is 0 Å². The smallest absolute Gasteiger partial charge is 0.130 e. The zero-order valence-corrected chi connectivity index (χ0v) is 19.2. The molecule has 0 spiro atoms. The van der Waals surface area contributed by atoms with Crippen LogP contribution >= 0.6 is 23.2 Å². The van der Waals surface area contributed by atoms with Crippen molar-refractivity contribution in [3.63, 3.8) is 0 Å². The normalized spacial score (nSPS) is 20.1. The van der Waals surface area contributed by atoms with Crippen LogP contribution in [0.15, 0.2) is 43.0 Å². The zero-order valence-electron chi connectivity index (χ0n) is 17.7. The molecule has 32 heavy (non-hydrogen) atoms. The number of nitrogens with zero attached hydrogens (tertiary/aromatic N) is 3. The van der Waals surface area contributed by atoms with E-state index in [4.69, 9.17) is 23.2 Å². The van der Waals surface area contributed by atoms with E-state index in [0.29, 0.717) is 26.1 Å². The van der Waals surface area contributed by atoms with Crippen molar-refractivity contribution in [3.8, 4) is 0 Å². The van der Waals surface area contributed by atoms with Gasteiger partial charge in [-0.3, -0.25) is 9.58 Å². The lowest BCUT2D eigenvalue weighted by Gasteiger charge is -2.34. The molecule has 1 aliphatic heterocycles. The second-order valence-electron chi connectivity index (χ2n) is 8.06.